The van der Waals surface area contributed by atoms with E-state index in [1.54, 1.807) is 23.1 Å². The maximum absolute atomic E-state index is 13.5. The molecule has 1 fully saturated rings. The van der Waals surface area contributed by atoms with Crippen LogP contribution >= 0.6 is 0 Å². The zero-order valence-corrected chi connectivity index (χ0v) is 20.2. The third kappa shape index (κ3) is 4.78. The maximum atomic E-state index is 13.5. The lowest BCUT2D eigenvalue weighted by Gasteiger charge is -2.32. The van der Waals surface area contributed by atoms with Gasteiger partial charge in [0.2, 0.25) is 33.7 Å². The van der Waals surface area contributed by atoms with Crippen LogP contribution in [0.1, 0.15) is 18.7 Å². The SMILES string of the molecule is COc1ncnc(O)c1-n1c(NS(=O)(=O)[C@@H]2CCCN(c3ncc(F)cn3)C2)nnc1C1=C=C=CC=C1. The Balaban J connectivity index is 1.53. The molecule has 0 aromatic carbocycles. The van der Waals surface area contributed by atoms with Gasteiger partial charge in [0.15, 0.2) is 17.3 Å². The van der Waals surface area contributed by atoms with Gasteiger partial charge in [0.1, 0.15) is 6.33 Å². The van der Waals surface area contributed by atoms with Gasteiger partial charge in [-0.2, -0.15) is 9.97 Å². The smallest absolute Gasteiger partial charge is 0.245 e. The summed E-state index contributed by atoms with van der Waals surface area (Å²) in [5.74, 6) is -0.942. The molecule has 0 unspecified atom stereocenters. The van der Waals surface area contributed by atoms with Crippen LogP contribution in [0.5, 0.6) is 11.8 Å². The number of sulfonamides is 1. The monoisotopic (exact) mass is 525 g/mol. The van der Waals surface area contributed by atoms with Crippen LogP contribution in [-0.4, -0.2) is 73.7 Å². The predicted molar refractivity (Wildman–Crippen MR) is 129 cm³/mol. The molecule has 1 atom stereocenters. The number of aromatic nitrogens is 7. The summed E-state index contributed by atoms with van der Waals surface area (Å²) in [5, 5.41) is 17.9. The number of anilines is 2. The first-order valence-electron chi connectivity index (χ1n) is 11.0. The molecule has 5 rings (SSSR count). The van der Waals surface area contributed by atoms with Gasteiger partial charge < -0.3 is 14.7 Å². The third-order valence-corrected chi connectivity index (χ3v) is 7.41. The molecule has 3 aromatic heterocycles. The number of ether oxygens (including phenoxy) is 1. The van der Waals surface area contributed by atoms with Crippen molar-refractivity contribution in [2.24, 2.45) is 0 Å². The van der Waals surface area contributed by atoms with Crippen LogP contribution in [0.25, 0.3) is 11.3 Å². The highest BCUT2D eigenvalue weighted by atomic mass is 32.2. The second-order valence-electron chi connectivity index (χ2n) is 8.01. The van der Waals surface area contributed by atoms with Crippen LogP contribution in [0.4, 0.5) is 16.3 Å². The number of piperidine rings is 1. The van der Waals surface area contributed by atoms with Gasteiger partial charge in [-0.15, -0.1) is 10.2 Å². The standard InChI is InChI=1S/C22H20FN9O4S/c1-36-20-17(19(33)26-13-27-20)32-18(14-6-3-2-4-7-14)28-29-22(32)30-37(34,35)16-8-5-9-31(12-16)21-24-10-15(23)11-25-21/h2-3,6,10-11,13,16H,5,8-9,12H2,1H3,(H,29,30)(H,26,27,33)/t16-/m1/s1. The van der Waals surface area contributed by atoms with E-state index < -0.39 is 27.0 Å². The van der Waals surface area contributed by atoms with Crippen LogP contribution in [0.3, 0.4) is 0 Å². The molecule has 0 amide bonds. The van der Waals surface area contributed by atoms with Crippen molar-refractivity contribution in [2.45, 2.75) is 18.1 Å². The molecule has 0 saturated carbocycles. The van der Waals surface area contributed by atoms with Gasteiger partial charge >= 0.3 is 0 Å². The van der Waals surface area contributed by atoms with E-state index in [0.717, 1.165) is 18.7 Å². The molecule has 0 bridgehead atoms. The lowest BCUT2D eigenvalue weighted by Crippen LogP contribution is -2.45. The molecule has 15 heteroatoms. The number of hydrogen-bond acceptors (Lipinski definition) is 11. The Morgan fingerprint density at radius 2 is 2.03 bits per heavy atom. The Kier molecular flexibility index (Phi) is 6.40. The molecule has 0 radical (unpaired) electrons. The molecule has 2 aliphatic rings. The topological polar surface area (TPSA) is 161 Å². The number of nitrogens with zero attached hydrogens (tertiary/aromatic N) is 8. The Hall–Kier alpha value is -4.58. The number of hydrogen-bond donors (Lipinski definition) is 2. The van der Waals surface area contributed by atoms with E-state index in [1.165, 1.54) is 11.7 Å². The third-order valence-electron chi connectivity index (χ3n) is 5.68. The fourth-order valence-corrected chi connectivity index (χ4v) is 5.38. The largest absolute Gasteiger partial charge is 0.492 e. The molecule has 2 N–H and O–H groups in total. The van der Waals surface area contributed by atoms with Gasteiger partial charge in [0.25, 0.3) is 0 Å². The molecule has 4 heterocycles. The summed E-state index contributed by atoms with van der Waals surface area (Å²) in [6.07, 6.45) is 9.06. The number of halogens is 1. The number of nitrogens with one attached hydrogen (secondary N) is 1. The van der Waals surface area contributed by atoms with Crippen LogP contribution in [-0.2, 0) is 10.0 Å². The lowest BCUT2D eigenvalue weighted by molar-refractivity contribution is 0.382. The Morgan fingerprint density at radius 1 is 1.22 bits per heavy atom. The maximum Gasteiger partial charge on any atom is 0.245 e. The van der Waals surface area contributed by atoms with Gasteiger partial charge in [-0.25, -0.2) is 27.3 Å². The van der Waals surface area contributed by atoms with Crippen molar-refractivity contribution in [1.29, 1.82) is 0 Å². The number of aromatic hydroxyl groups is 1. The van der Waals surface area contributed by atoms with Gasteiger partial charge in [-0.3, -0.25) is 4.72 Å². The van der Waals surface area contributed by atoms with Gasteiger partial charge in [0, 0.05) is 13.1 Å². The summed E-state index contributed by atoms with van der Waals surface area (Å²) in [6.45, 7) is 0.594. The molecule has 37 heavy (non-hydrogen) atoms. The number of allylic oxidation sites excluding steroid dienone is 4. The molecule has 190 valence electrons. The van der Waals surface area contributed by atoms with Crippen molar-refractivity contribution < 1.29 is 22.7 Å². The first-order valence-corrected chi connectivity index (χ1v) is 12.6. The van der Waals surface area contributed by atoms with Gasteiger partial charge in [0.05, 0.1) is 30.3 Å². The molecule has 1 saturated heterocycles. The minimum atomic E-state index is -4.04. The summed E-state index contributed by atoms with van der Waals surface area (Å²) in [5.41, 5.74) is 6.04. The highest BCUT2D eigenvalue weighted by molar-refractivity contribution is 7.93. The molecular weight excluding hydrogens is 505 g/mol. The molecule has 13 nitrogen and oxygen atoms in total. The van der Waals surface area contributed by atoms with E-state index in [-0.39, 0.29) is 35.8 Å². The minimum Gasteiger partial charge on any atom is -0.492 e. The Labute approximate surface area is 210 Å². The average molecular weight is 526 g/mol. The van der Waals surface area contributed by atoms with E-state index >= 15 is 0 Å². The highest BCUT2D eigenvalue weighted by Crippen LogP contribution is 2.34. The predicted octanol–water partition coefficient (Wildman–Crippen LogP) is 1.37. The van der Waals surface area contributed by atoms with Gasteiger partial charge in [-0.05, 0) is 25.0 Å². The number of rotatable bonds is 7. The van der Waals surface area contributed by atoms with Crippen molar-refractivity contribution >= 4 is 27.5 Å². The van der Waals surface area contributed by atoms with Crippen molar-refractivity contribution in [3.63, 3.8) is 0 Å². The average Bonchev–Trinajstić information content (AvgIpc) is 3.31. The van der Waals surface area contributed by atoms with E-state index in [2.05, 4.69) is 46.3 Å². The van der Waals surface area contributed by atoms with E-state index in [9.17, 15) is 17.9 Å². The molecule has 1 aliphatic heterocycles. The molecule has 0 spiro atoms. The minimum absolute atomic E-state index is 0.0359. The van der Waals surface area contributed by atoms with Crippen molar-refractivity contribution in [3.8, 4) is 17.4 Å². The van der Waals surface area contributed by atoms with E-state index in [4.69, 9.17) is 4.74 Å². The molecule has 1 aliphatic carbocycles. The zero-order chi connectivity index (χ0) is 26.0. The fraction of sp³-hybridized carbons (Fsp3) is 0.273. The van der Waals surface area contributed by atoms with Crippen LogP contribution < -0.4 is 14.4 Å². The van der Waals surface area contributed by atoms with Crippen molar-refractivity contribution in [2.75, 3.05) is 29.8 Å². The first kappa shape index (κ1) is 24.1. The van der Waals surface area contributed by atoms with Crippen LogP contribution in [0.15, 0.2) is 48.4 Å². The highest BCUT2D eigenvalue weighted by Gasteiger charge is 2.34. The van der Waals surface area contributed by atoms with Crippen molar-refractivity contribution in [1.82, 2.24) is 34.7 Å². The summed E-state index contributed by atoms with van der Waals surface area (Å²) in [6, 6.07) is 0. The fourth-order valence-electron chi connectivity index (χ4n) is 3.97. The lowest BCUT2D eigenvalue weighted by atomic mass is 10.1. The molecule has 3 aromatic rings. The normalized spacial score (nSPS) is 17.1. The zero-order valence-electron chi connectivity index (χ0n) is 19.4. The second kappa shape index (κ2) is 9.82. The van der Waals surface area contributed by atoms with E-state index in [1.807, 2.05) is 0 Å². The Bertz CT molecular complexity index is 1570. The molecular formula is C22H20FN9O4S. The van der Waals surface area contributed by atoms with Crippen LogP contribution in [0.2, 0.25) is 0 Å². The summed E-state index contributed by atoms with van der Waals surface area (Å²) >= 11 is 0. The number of methoxy groups -OCH3 is 1. The van der Waals surface area contributed by atoms with Gasteiger partial charge in [-0.1, -0.05) is 17.5 Å². The van der Waals surface area contributed by atoms with Crippen molar-refractivity contribution in [3.05, 3.63) is 60.1 Å². The summed E-state index contributed by atoms with van der Waals surface area (Å²) in [7, 11) is -2.70. The van der Waals surface area contributed by atoms with Crippen LogP contribution in [0, 0.1) is 5.82 Å². The first-order chi connectivity index (χ1) is 17.9. The second-order valence-corrected chi connectivity index (χ2v) is 9.97. The summed E-state index contributed by atoms with van der Waals surface area (Å²) < 4.78 is 49.3. The quantitative estimate of drug-likeness (QED) is 0.429. The van der Waals surface area contributed by atoms with E-state index in [0.29, 0.717) is 25.0 Å². The Morgan fingerprint density at radius 3 is 2.76 bits per heavy atom. The summed E-state index contributed by atoms with van der Waals surface area (Å²) in [4.78, 5) is 17.4.